The highest BCUT2D eigenvalue weighted by Gasteiger charge is 2.38. The SMILES string of the molecule is COc1ccc(OC)c(C(=O)COC(=O)Cn2c(C(F)(F)F)nc3ccccc32)c1. The van der Waals surface area contributed by atoms with Crippen LogP contribution >= 0.6 is 0 Å². The molecule has 0 amide bonds. The quantitative estimate of drug-likeness (QED) is 0.428. The number of hydrogen-bond donors (Lipinski definition) is 0. The minimum atomic E-state index is -4.76. The number of halogens is 3. The monoisotopic (exact) mass is 422 g/mol. The van der Waals surface area contributed by atoms with Crippen molar-refractivity contribution in [2.24, 2.45) is 0 Å². The van der Waals surface area contributed by atoms with Gasteiger partial charge in [0.15, 0.2) is 6.61 Å². The summed E-state index contributed by atoms with van der Waals surface area (Å²) in [5, 5.41) is 0. The van der Waals surface area contributed by atoms with Crippen molar-refractivity contribution < 1.29 is 37.0 Å². The predicted molar refractivity (Wildman–Crippen MR) is 99.6 cm³/mol. The molecule has 0 radical (unpaired) electrons. The van der Waals surface area contributed by atoms with Gasteiger partial charge in [-0.05, 0) is 30.3 Å². The zero-order valence-electron chi connectivity index (χ0n) is 16.0. The van der Waals surface area contributed by atoms with Gasteiger partial charge in [0.25, 0.3) is 0 Å². The molecule has 0 bridgehead atoms. The first-order valence-electron chi connectivity index (χ1n) is 8.68. The summed E-state index contributed by atoms with van der Waals surface area (Å²) in [5.41, 5.74) is 0.339. The van der Waals surface area contributed by atoms with Crippen molar-refractivity contribution in [3.63, 3.8) is 0 Å². The Hall–Kier alpha value is -3.56. The molecule has 0 N–H and O–H groups in total. The van der Waals surface area contributed by atoms with Crippen LogP contribution in [-0.2, 0) is 22.3 Å². The first kappa shape index (κ1) is 21.2. The standard InChI is InChI=1S/C20H17F3N2O5/c1-28-12-7-8-17(29-2)13(9-12)16(26)11-30-18(27)10-25-15-6-4-3-5-14(15)24-19(25)20(21,22)23/h3-9H,10-11H2,1-2H3. The fraction of sp³-hybridized carbons (Fsp3) is 0.250. The summed E-state index contributed by atoms with van der Waals surface area (Å²) in [6.45, 7) is -1.42. The Morgan fingerprint density at radius 1 is 1.07 bits per heavy atom. The van der Waals surface area contributed by atoms with Crippen LogP contribution in [-0.4, -0.2) is 42.1 Å². The van der Waals surface area contributed by atoms with Gasteiger partial charge >= 0.3 is 12.1 Å². The third kappa shape index (κ3) is 4.37. The van der Waals surface area contributed by atoms with E-state index in [4.69, 9.17) is 14.2 Å². The summed E-state index contributed by atoms with van der Waals surface area (Å²) >= 11 is 0. The van der Waals surface area contributed by atoms with E-state index < -0.39 is 36.9 Å². The lowest BCUT2D eigenvalue weighted by atomic mass is 10.1. The van der Waals surface area contributed by atoms with E-state index in [0.717, 1.165) is 0 Å². The molecular formula is C20H17F3N2O5. The number of methoxy groups -OCH3 is 2. The van der Waals surface area contributed by atoms with E-state index in [0.29, 0.717) is 10.3 Å². The van der Waals surface area contributed by atoms with Crippen LogP contribution in [0.3, 0.4) is 0 Å². The van der Waals surface area contributed by atoms with Crippen molar-refractivity contribution in [1.82, 2.24) is 9.55 Å². The minimum Gasteiger partial charge on any atom is -0.497 e. The Labute approximate surface area is 169 Å². The van der Waals surface area contributed by atoms with Crippen LogP contribution in [0.1, 0.15) is 16.2 Å². The van der Waals surface area contributed by atoms with E-state index in [-0.39, 0.29) is 22.3 Å². The van der Waals surface area contributed by atoms with Crippen molar-refractivity contribution in [3.8, 4) is 11.5 Å². The number of alkyl halides is 3. The van der Waals surface area contributed by atoms with Gasteiger partial charge in [-0.25, -0.2) is 4.98 Å². The highest BCUT2D eigenvalue weighted by atomic mass is 19.4. The van der Waals surface area contributed by atoms with E-state index >= 15 is 0 Å². The van der Waals surface area contributed by atoms with Gasteiger partial charge in [-0.15, -0.1) is 0 Å². The predicted octanol–water partition coefficient (Wildman–Crippen LogP) is 3.50. The van der Waals surface area contributed by atoms with Crippen LogP contribution in [0.2, 0.25) is 0 Å². The third-order valence-electron chi connectivity index (χ3n) is 4.27. The highest BCUT2D eigenvalue weighted by molar-refractivity contribution is 6.00. The number of esters is 1. The Morgan fingerprint density at radius 2 is 1.80 bits per heavy atom. The average molecular weight is 422 g/mol. The van der Waals surface area contributed by atoms with Crippen LogP contribution in [0.5, 0.6) is 11.5 Å². The summed E-state index contributed by atoms with van der Waals surface area (Å²) in [7, 11) is 2.79. The van der Waals surface area contributed by atoms with E-state index in [1.54, 1.807) is 12.1 Å². The molecule has 0 aliphatic heterocycles. The van der Waals surface area contributed by atoms with Gasteiger partial charge in [0.2, 0.25) is 11.6 Å². The van der Waals surface area contributed by atoms with Crippen molar-refractivity contribution in [1.29, 1.82) is 0 Å². The molecule has 3 aromatic rings. The number of nitrogens with zero attached hydrogens (tertiary/aromatic N) is 2. The number of rotatable bonds is 7. The Kier molecular flexibility index (Phi) is 5.95. The molecule has 158 valence electrons. The first-order valence-corrected chi connectivity index (χ1v) is 8.68. The molecule has 0 fully saturated rings. The van der Waals surface area contributed by atoms with Crippen LogP contribution in [0, 0.1) is 0 Å². The molecule has 2 aromatic carbocycles. The van der Waals surface area contributed by atoms with Crippen molar-refractivity contribution in [3.05, 3.63) is 53.9 Å². The molecule has 30 heavy (non-hydrogen) atoms. The lowest BCUT2D eigenvalue weighted by Gasteiger charge is -2.12. The molecule has 0 spiro atoms. The van der Waals surface area contributed by atoms with Crippen LogP contribution in [0.15, 0.2) is 42.5 Å². The number of carbonyl (C=O) groups excluding carboxylic acids is 2. The van der Waals surface area contributed by atoms with Gasteiger partial charge in [-0.1, -0.05) is 12.1 Å². The highest BCUT2D eigenvalue weighted by Crippen LogP contribution is 2.31. The minimum absolute atomic E-state index is 0.0924. The van der Waals surface area contributed by atoms with Gasteiger partial charge in [0.1, 0.15) is 18.0 Å². The Balaban J connectivity index is 1.77. The zero-order valence-corrected chi connectivity index (χ0v) is 16.0. The molecule has 10 heteroatoms. The molecule has 1 heterocycles. The number of carbonyl (C=O) groups is 2. The van der Waals surface area contributed by atoms with Gasteiger partial charge < -0.3 is 18.8 Å². The molecule has 0 saturated heterocycles. The van der Waals surface area contributed by atoms with Crippen molar-refractivity contribution in [2.45, 2.75) is 12.7 Å². The molecule has 0 aliphatic carbocycles. The first-order chi connectivity index (χ1) is 14.2. The lowest BCUT2D eigenvalue weighted by molar-refractivity contribution is -0.150. The molecular weight excluding hydrogens is 405 g/mol. The largest absolute Gasteiger partial charge is 0.497 e. The maximum atomic E-state index is 13.3. The Morgan fingerprint density at radius 3 is 2.47 bits per heavy atom. The fourth-order valence-electron chi connectivity index (χ4n) is 2.88. The number of fused-ring (bicyclic) bond motifs is 1. The number of imidazole rings is 1. The molecule has 1 aromatic heterocycles. The van der Waals surface area contributed by atoms with E-state index in [9.17, 15) is 22.8 Å². The second kappa shape index (κ2) is 8.44. The van der Waals surface area contributed by atoms with E-state index in [2.05, 4.69) is 4.98 Å². The van der Waals surface area contributed by atoms with Crippen LogP contribution in [0.25, 0.3) is 11.0 Å². The number of Topliss-reactive ketones (excluding diaryl/α,β-unsaturated/α-hetero) is 1. The normalized spacial score (nSPS) is 11.4. The van der Waals surface area contributed by atoms with Gasteiger partial charge in [0.05, 0.1) is 30.8 Å². The number of ketones is 1. The third-order valence-corrected chi connectivity index (χ3v) is 4.27. The van der Waals surface area contributed by atoms with Crippen LogP contribution in [0.4, 0.5) is 13.2 Å². The number of benzene rings is 2. The molecule has 0 saturated carbocycles. The second-order valence-electron chi connectivity index (χ2n) is 6.16. The maximum Gasteiger partial charge on any atom is 0.449 e. The van der Waals surface area contributed by atoms with Gasteiger partial charge in [0, 0.05) is 0 Å². The van der Waals surface area contributed by atoms with Gasteiger partial charge in [-0.3, -0.25) is 9.59 Å². The average Bonchev–Trinajstić information content (AvgIpc) is 3.10. The molecule has 0 aliphatic rings. The second-order valence-corrected chi connectivity index (χ2v) is 6.16. The molecule has 3 rings (SSSR count). The van der Waals surface area contributed by atoms with E-state index in [1.807, 2.05) is 0 Å². The van der Waals surface area contributed by atoms with E-state index in [1.165, 1.54) is 44.6 Å². The molecule has 0 atom stereocenters. The summed E-state index contributed by atoms with van der Waals surface area (Å²) in [4.78, 5) is 28.2. The summed E-state index contributed by atoms with van der Waals surface area (Å²) in [5.74, 6) is -2.19. The van der Waals surface area contributed by atoms with Crippen LogP contribution < -0.4 is 9.47 Å². The molecule has 0 unspecified atom stereocenters. The summed E-state index contributed by atoms with van der Waals surface area (Å²) < 4.78 is 55.7. The summed E-state index contributed by atoms with van der Waals surface area (Å²) in [6.07, 6.45) is -4.76. The van der Waals surface area contributed by atoms with Crippen molar-refractivity contribution in [2.75, 3.05) is 20.8 Å². The zero-order chi connectivity index (χ0) is 21.9. The topological polar surface area (TPSA) is 79.7 Å². The molecule has 7 nitrogen and oxygen atoms in total. The summed E-state index contributed by atoms with van der Waals surface area (Å²) in [6, 6.07) is 10.4. The fourth-order valence-corrected chi connectivity index (χ4v) is 2.88. The number of ether oxygens (including phenoxy) is 3. The van der Waals surface area contributed by atoms with Crippen molar-refractivity contribution >= 4 is 22.8 Å². The Bertz CT molecular complexity index is 1090. The number of para-hydroxylation sites is 2. The lowest BCUT2D eigenvalue weighted by Crippen LogP contribution is -2.22. The maximum absolute atomic E-state index is 13.3. The number of hydrogen-bond acceptors (Lipinski definition) is 6. The number of aromatic nitrogens is 2. The van der Waals surface area contributed by atoms with Gasteiger partial charge in [-0.2, -0.15) is 13.2 Å². The smallest absolute Gasteiger partial charge is 0.449 e.